The number of aliphatic hydroxyl groups excluding tert-OH is 1. The second-order valence-electron chi connectivity index (χ2n) is 4.46. The first-order chi connectivity index (χ1) is 8.65. The number of hydrogen-bond acceptors (Lipinski definition) is 3. The van der Waals surface area contributed by atoms with Gasteiger partial charge in [0.15, 0.2) is 0 Å². The maximum Gasteiger partial charge on any atom is 0.247 e. The number of nitrogens with zero attached hydrogens (tertiary/aromatic N) is 2. The third kappa shape index (κ3) is 2.52. The number of anilines is 1. The molecule has 0 aromatic heterocycles. The van der Waals surface area contributed by atoms with Crippen LogP contribution >= 0.6 is 15.9 Å². The molecule has 2 rings (SSSR count). The van der Waals surface area contributed by atoms with Gasteiger partial charge in [-0.25, -0.2) is 0 Å². The number of likely N-dealkylation sites (N-methyl/N-ethyl adjacent to an activating group) is 1. The smallest absolute Gasteiger partial charge is 0.247 e. The zero-order valence-electron chi connectivity index (χ0n) is 10.3. The molecule has 0 radical (unpaired) electrons. The molecule has 5 heteroatoms. The van der Waals surface area contributed by atoms with E-state index in [1.165, 1.54) is 0 Å². The highest BCUT2D eigenvalue weighted by Crippen LogP contribution is 2.28. The van der Waals surface area contributed by atoms with Crippen molar-refractivity contribution >= 4 is 27.5 Å². The van der Waals surface area contributed by atoms with Crippen molar-refractivity contribution in [3.8, 4) is 0 Å². The summed E-state index contributed by atoms with van der Waals surface area (Å²) in [5.41, 5.74) is 0.959. The average Bonchev–Trinajstić information content (AvgIpc) is 2.50. The minimum absolute atomic E-state index is 0.0225. The Hall–Kier alpha value is -1.07. The van der Waals surface area contributed by atoms with Gasteiger partial charge in [0, 0.05) is 24.6 Å². The largest absolute Gasteiger partial charge is 0.394 e. The van der Waals surface area contributed by atoms with Gasteiger partial charge in [-0.2, -0.15) is 0 Å². The van der Waals surface area contributed by atoms with Crippen LogP contribution in [0.2, 0.25) is 0 Å². The second kappa shape index (κ2) is 5.71. The van der Waals surface area contributed by atoms with E-state index in [0.29, 0.717) is 0 Å². The van der Waals surface area contributed by atoms with E-state index in [9.17, 15) is 9.90 Å². The monoisotopic (exact) mass is 312 g/mol. The molecule has 1 heterocycles. The Morgan fingerprint density at radius 3 is 2.78 bits per heavy atom. The summed E-state index contributed by atoms with van der Waals surface area (Å²) in [6, 6.07) is 7.30. The number of amides is 1. The van der Waals surface area contributed by atoms with E-state index in [4.69, 9.17) is 0 Å². The number of carbonyl (C=O) groups is 1. The number of para-hydroxylation sites is 1. The summed E-state index contributed by atoms with van der Waals surface area (Å²) < 4.78 is 0.945. The highest BCUT2D eigenvalue weighted by Gasteiger charge is 2.31. The van der Waals surface area contributed by atoms with Gasteiger partial charge in [0.2, 0.25) is 5.91 Å². The van der Waals surface area contributed by atoms with Crippen molar-refractivity contribution in [2.24, 2.45) is 0 Å². The lowest BCUT2D eigenvalue weighted by atomic mass is 10.2. The third-order valence-corrected chi connectivity index (χ3v) is 3.94. The number of benzene rings is 1. The summed E-state index contributed by atoms with van der Waals surface area (Å²) in [5, 5.41) is 9.52. The maximum atomic E-state index is 12.2. The fourth-order valence-electron chi connectivity index (χ4n) is 2.28. The molecule has 0 aliphatic carbocycles. The molecule has 0 bridgehead atoms. The quantitative estimate of drug-likeness (QED) is 0.899. The zero-order valence-corrected chi connectivity index (χ0v) is 11.9. The Kier molecular flexibility index (Phi) is 4.24. The Bertz CT molecular complexity index is 439. The molecule has 0 saturated carbocycles. The van der Waals surface area contributed by atoms with Gasteiger partial charge in [-0.1, -0.05) is 12.1 Å². The van der Waals surface area contributed by atoms with Crippen LogP contribution in [0, 0.1) is 0 Å². The van der Waals surface area contributed by atoms with Gasteiger partial charge in [0.05, 0.1) is 12.3 Å². The first kappa shape index (κ1) is 13.4. The molecule has 1 aliphatic rings. The number of rotatable bonds is 2. The van der Waals surface area contributed by atoms with Gasteiger partial charge in [-0.3, -0.25) is 4.79 Å². The van der Waals surface area contributed by atoms with Crippen molar-refractivity contribution in [2.45, 2.75) is 12.5 Å². The highest BCUT2D eigenvalue weighted by atomic mass is 79.9. The van der Waals surface area contributed by atoms with E-state index in [1.54, 1.807) is 11.9 Å². The van der Waals surface area contributed by atoms with Crippen LogP contribution in [0.1, 0.15) is 6.42 Å². The van der Waals surface area contributed by atoms with Crippen molar-refractivity contribution in [2.75, 3.05) is 31.6 Å². The lowest BCUT2D eigenvalue weighted by molar-refractivity contribution is -0.131. The Morgan fingerprint density at radius 1 is 1.39 bits per heavy atom. The molecule has 18 heavy (non-hydrogen) atoms. The van der Waals surface area contributed by atoms with Gasteiger partial charge in [-0.05, 0) is 34.5 Å². The second-order valence-corrected chi connectivity index (χ2v) is 5.31. The third-order valence-electron chi connectivity index (χ3n) is 3.26. The molecule has 1 unspecified atom stereocenters. The van der Waals surface area contributed by atoms with Crippen LogP contribution in [0.15, 0.2) is 28.7 Å². The van der Waals surface area contributed by atoms with Crippen LogP contribution < -0.4 is 4.90 Å². The fourth-order valence-corrected chi connectivity index (χ4v) is 2.79. The summed E-state index contributed by atoms with van der Waals surface area (Å²) in [4.78, 5) is 15.9. The SMILES string of the molecule is CN1CCCN(c2ccccc2Br)C(CO)C1=O. The topological polar surface area (TPSA) is 43.8 Å². The number of halogens is 1. The minimum atomic E-state index is -0.490. The van der Waals surface area contributed by atoms with E-state index in [2.05, 4.69) is 15.9 Å². The molecule has 98 valence electrons. The lowest BCUT2D eigenvalue weighted by Gasteiger charge is -2.31. The Labute approximate surface area is 115 Å². The summed E-state index contributed by atoms with van der Waals surface area (Å²) in [6.07, 6.45) is 0.903. The Balaban J connectivity index is 2.35. The first-order valence-corrected chi connectivity index (χ1v) is 6.81. The predicted octanol–water partition coefficient (Wildman–Crippen LogP) is 1.48. The van der Waals surface area contributed by atoms with E-state index < -0.39 is 6.04 Å². The fraction of sp³-hybridized carbons (Fsp3) is 0.462. The van der Waals surface area contributed by atoms with Crippen LogP contribution in [0.25, 0.3) is 0 Å². The molecule has 1 aliphatic heterocycles. The predicted molar refractivity (Wildman–Crippen MR) is 74.6 cm³/mol. The average molecular weight is 313 g/mol. The summed E-state index contributed by atoms with van der Waals surface area (Å²) >= 11 is 3.50. The number of carbonyl (C=O) groups excluding carboxylic acids is 1. The summed E-state index contributed by atoms with van der Waals surface area (Å²) in [5.74, 6) is -0.0225. The van der Waals surface area contributed by atoms with Crippen molar-refractivity contribution in [1.29, 1.82) is 0 Å². The molecule has 1 saturated heterocycles. The summed E-state index contributed by atoms with van der Waals surface area (Å²) in [6.45, 7) is 1.34. The van der Waals surface area contributed by atoms with E-state index in [-0.39, 0.29) is 12.5 Å². The van der Waals surface area contributed by atoms with Crippen molar-refractivity contribution < 1.29 is 9.90 Å². The van der Waals surface area contributed by atoms with Crippen LogP contribution in [0.4, 0.5) is 5.69 Å². The van der Waals surface area contributed by atoms with Crippen molar-refractivity contribution in [3.63, 3.8) is 0 Å². The standard InChI is InChI=1S/C13H17BrN2O2/c1-15-7-4-8-16(12(9-17)13(15)18)11-6-3-2-5-10(11)14/h2-3,5-6,12,17H,4,7-9H2,1H3. The van der Waals surface area contributed by atoms with Gasteiger partial charge >= 0.3 is 0 Å². The van der Waals surface area contributed by atoms with Gasteiger partial charge in [0.25, 0.3) is 0 Å². The van der Waals surface area contributed by atoms with Crippen LogP contribution in [0.3, 0.4) is 0 Å². The van der Waals surface area contributed by atoms with Crippen molar-refractivity contribution in [3.05, 3.63) is 28.7 Å². The molecule has 4 nitrogen and oxygen atoms in total. The Morgan fingerprint density at radius 2 is 2.11 bits per heavy atom. The number of hydrogen-bond donors (Lipinski definition) is 1. The molecule has 1 atom stereocenters. The molecule has 1 amide bonds. The van der Waals surface area contributed by atoms with E-state index >= 15 is 0 Å². The van der Waals surface area contributed by atoms with Crippen molar-refractivity contribution in [1.82, 2.24) is 4.90 Å². The summed E-state index contributed by atoms with van der Waals surface area (Å²) in [7, 11) is 1.79. The highest BCUT2D eigenvalue weighted by molar-refractivity contribution is 9.10. The first-order valence-electron chi connectivity index (χ1n) is 6.02. The molecule has 1 aromatic rings. The van der Waals surface area contributed by atoms with E-state index in [1.807, 2.05) is 29.2 Å². The minimum Gasteiger partial charge on any atom is -0.394 e. The molecular weight excluding hydrogens is 296 g/mol. The maximum absolute atomic E-state index is 12.2. The van der Waals surface area contributed by atoms with Gasteiger partial charge < -0.3 is 14.9 Å². The van der Waals surface area contributed by atoms with Gasteiger partial charge in [0.1, 0.15) is 6.04 Å². The number of aliphatic hydroxyl groups is 1. The van der Waals surface area contributed by atoms with Crippen LogP contribution in [-0.2, 0) is 4.79 Å². The molecule has 0 spiro atoms. The van der Waals surface area contributed by atoms with Crippen LogP contribution in [-0.4, -0.2) is 48.7 Å². The molecule has 1 fully saturated rings. The van der Waals surface area contributed by atoms with Gasteiger partial charge in [-0.15, -0.1) is 0 Å². The van der Waals surface area contributed by atoms with Crippen LogP contribution in [0.5, 0.6) is 0 Å². The lowest BCUT2D eigenvalue weighted by Crippen LogP contribution is -2.47. The molecule has 1 N–H and O–H groups in total. The van der Waals surface area contributed by atoms with E-state index in [0.717, 1.165) is 29.7 Å². The molecular formula is C13H17BrN2O2. The molecule has 1 aromatic carbocycles. The zero-order chi connectivity index (χ0) is 13.1. The normalized spacial score (nSPS) is 21.1.